The number of aryl methyl sites for hydroxylation is 1. The molecular formula is C18H17ClF2N2O2. The van der Waals surface area contributed by atoms with E-state index in [9.17, 15) is 18.4 Å². The Hall–Kier alpha value is -2.47. The highest BCUT2D eigenvalue weighted by Gasteiger charge is 2.19. The van der Waals surface area contributed by atoms with Gasteiger partial charge < -0.3 is 10.2 Å². The van der Waals surface area contributed by atoms with Gasteiger partial charge in [-0.1, -0.05) is 17.7 Å². The highest BCUT2D eigenvalue weighted by molar-refractivity contribution is 6.31. The molecule has 132 valence electrons. The summed E-state index contributed by atoms with van der Waals surface area (Å²) in [5.41, 5.74) is 1.21. The number of carbonyl (C=O) groups is 2. The normalized spacial score (nSPS) is 10.4. The van der Waals surface area contributed by atoms with Crippen LogP contribution in [0.5, 0.6) is 0 Å². The molecule has 7 heteroatoms. The molecule has 1 N–H and O–H groups in total. The van der Waals surface area contributed by atoms with E-state index in [2.05, 4.69) is 5.32 Å². The van der Waals surface area contributed by atoms with E-state index >= 15 is 0 Å². The monoisotopic (exact) mass is 366 g/mol. The van der Waals surface area contributed by atoms with Crippen LogP contribution in [0.3, 0.4) is 0 Å². The van der Waals surface area contributed by atoms with Crippen molar-refractivity contribution in [1.29, 1.82) is 0 Å². The number of likely N-dealkylation sites (N-methyl/N-ethyl adjacent to an activating group) is 1. The van der Waals surface area contributed by atoms with Gasteiger partial charge in [0.15, 0.2) is 0 Å². The van der Waals surface area contributed by atoms with Crippen LogP contribution in [0.1, 0.15) is 22.8 Å². The van der Waals surface area contributed by atoms with Gasteiger partial charge in [-0.25, -0.2) is 8.78 Å². The number of amides is 2. The molecule has 0 saturated heterocycles. The molecule has 2 aromatic rings. The predicted octanol–water partition coefficient (Wildman–Crippen LogP) is 4.03. The molecule has 0 unspecified atom stereocenters. The Kier molecular flexibility index (Phi) is 6.09. The summed E-state index contributed by atoms with van der Waals surface area (Å²) in [7, 11) is 0. The molecule has 0 bridgehead atoms. The van der Waals surface area contributed by atoms with Crippen LogP contribution in [0.25, 0.3) is 0 Å². The average molecular weight is 367 g/mol. The summed E-state index contributed by atoms with van der Waals surface area (Å²) in [6.07, 6.45) is 0. The smallest absolute Gasteiger partial charge is 0.254 e. The molecule has 0 heterocycles. The number of hydrogen-bond donors (Lipinski definition) is 1. The van der Waals surface area contributed by atoms with Gasteiger partial charge in [0.25, 0.3) is 5.91 Å². The van der Waals surface area contributed by atoms with Crippen LogP contribution >= 0.6 is 11.6 Å². The zero-order valence-corrected chi connectivity index (χ0v) is 14.5. The molecule has 4 nitrogen and oxygen atoms in total. The number of rotatable bonds is 5. The lowest BCUT2D eigenvalue weighted by molar-refractivity contribution is -0.116. The van der Waals surface area contributed by atoms with Crippen molar-refractivity contribution in [3.05, 3.63) is 64.2 Å². The standard InChI is InChI=1S/C18H17ClF2N2O2/c1-3-23(18(25)12-6-14(20)9-15(21)7-12)10-17(24)22-16-8-13(19)5-4-11(16)2/h4-9H,3,10H2,1-2H3,(H,22,24). The summed E-state index contributed by atoms with van der Waals surface area (Å²) in [5.74, 6) is -2.76. The Morgan fingerprint density at radius 1 is 1.12 bits per heavy atom. The molecule has 0 atom stereocenters. The number of nitrogens with zero attached hydrogens (tertiary/aromatic N) is 1. The van der Waals surface area contributed by atoms with E-state index in [4.69, 9.17) is 11.6 Å². The van der Waals surface area contributed by atoms with Crippen LogP contribution in [-0.4, -0.2) is 29.8 Å². The zero-order valence-electron chi connectivity index (χ0n) is 13.8. The Balaban J connectivity index is 2.11. The van der Waals surface area contributed by atoms with Gasteiger partial charge in [0, 0.05) is 28.9 Å². The van der Waals surface area contributed by atoms with Crippen molar-refractivity contribution in [3.8, 4) is 0 Å². The van der Waals surface area contributed by atoms with Crippen LogP contribution in [0.2, 0.25) is 5.02 Å². The largest absolute Gasteiger partial charge is 0.330 e. The molecule has 0 aliphatic carbocycles. The SMILES string of the molecule is CCN(CC(=O)Nc1cc(Cl)ccc1C)C(=O)c1cc(F)cc(F)c1. The van der Waals surface area contributed by atoms with Crippen molar-refractivity contribution in [3.63, 3.8) is 0 Å². The first-order valence-electron chi connectivity index (χ1n) is 7.61. The van der Waals surface area contributed by atoms with E-state index in [0.717, 1.165) is 17.7 Å². The Morgan fingerprint density at radius 2 is 1.76 bits per heavy atom. The fourth-order valence-corrected chi connectivity index (χ4v) is 2.45. The summed E-state index contributed by atoms with van der Waals surface area (Å²) in [5, 5.41) is 3.15. The van der Waals surface area contributed by atoms with E-state index in [1.165, 1.54) is 4.90 Å². The molecule has 2 rings (SSSR count). The second kappa shape index (κ2) is 8.07. The summed E-state index contributed by atoms with van der Waals surface area (Å²) >= 11 is 5.91. The quantitative estimate of drug-likeness (QED) is 0.868. The lowest BCUT2D eigenvalue weighted by atomic mass is 10.1. The molecule has 0 aliphatic rings. The third-order valence-electron chi connectivity index (χ3n) is 3.59. The zero-order chi connectivity index (χ0) is 18.6. The van der Waals surface area contributed by atoms with E-state index < -0.39 is 23.4 Å². The predicted molar refractivity (Wildman–Crippen MR) is 92.8 cm³/mol. The highest BCUT2D eigenvalue weighted by Crippen LogP contribution is 2.20. The minimum absolute atomic E-state index is 0.147. The topological polar surface area (TPSA) is 49.4 Å². The Labute approximate surface area is 149 Å². The van der Waals surface area contributed by atoms with Crippen LogP contribution in [-0.2, 0) is 4.79 Å². The van der Waals surface area contributed by atoms with Gasteiger partial charge >= 0.3 is 0 Å². The maximum Gasteiger partial charge on any atom is 0.254 e. The highest BCUT2D eigenvalue weighted by atomic mass is 35.5. The van der Waals surface area contributed by atoms with Gasteiger partial charge in [-0.2, -0.15) is 0 Å². The number of benzene rings is 2. The summed E-state index contributed by atoms with van der Waals surface area (Å²) in [6, 6.07) is 7.62. The first-order chi connectivity index (χ1) is 11.8. The third kappa shape index (κ3) is 5.00. The first kappa shape index (κ1) is 18.9. The summed E-state index contributed by atoms with van der Waals surface area (Å²) in [6.45, 7) is 3.44. The lowest BCUT2D eigenvalue weighted by Crippen LogP contribution is -2.38. The molecular weight excluding hydrogens is 350 g/mol. The number of nitrogens with one attached hydrogen (secondary N) is 1. The number of carbonyl (C=O) groups excluding carboxylic acids is 2. The van der Waals surface area contributed by atoms with E-state index in [1.54, 1.807) is 25.1 Å². The first-order valence-corrected chi connectivity index (χ1v) is 7.99. The van der Waals surface area contributed by atoms with Crippen LogP contribution in [0.4, 0.5) is 14.5 Å². The summed E-state index contributed by atoms with van der Waals surface area (Å²) < 4.78 is 26.6. The van der Waals surface area contributed by atoms with E-state index in [-0.39, 0.29) is 18.7 Å². The summed E-state index contributed by atoms with van der Waals surface area (Å²) in [4.78, 5) is 25.8. The molecule has 0 aliphatic heterocycles. The van der Waals surface area contributed by atoms with Gasteiger partial charge in [-0.15, -0.1) is 0 Å². The van der Waals surface area contributed by atoms with Crippen molar-refractivity contribution in [2.45, 2.75) is 13.8 Å². The fourth-order valence-electron chi connectivity index (χ4n) is 2.28. The second-order valence-electron chi connectivity index (χ2n) is 5.48. The van der Waals surface area contributed by atoms with Crippen molar-refractivity contribution in [2.75, 3.05) is 18.4 Å². The Bertz CT molecular complexity index is 791. The van der Waals surface area contributed by atoms with Crippen LogP contribution < -0.4 is 5.32 Å². The molecule has 0 saturated carbocycles. The van der Waals surface area contributed by atoms with Crippen molar-refractivity contribution >= 4 is 29.1 Å². The minimum Gasteiger partial charge on any atom is -0.330 e. The lowest BCUT2D eigenvalue weighted by Gasteiger charge is -2.21. The van der Waals surface area contributed by atoms with Crippen molar-refractivity contribution in [2.24, 2.45) is 0 Å². The van der Waals surface area contributed by atoms with Crippen LogP contribution in [0, 0.1) is 18.6 Å². The Morgan fingerprint density at radius 3 is 2.36 bits per heavy atom. The average Bonchev–Trinajstić information content (AvgIpc) is 2.54. The van der Waals surface area contributed by atoms with Gasteiger partial charge in [-0.05, 0) is 43.7 Å². The number of halogens is 3. The minimum atomic E-state index is -0.849. The van der Waals surface area contributed by atoms with Gasteiger partial charge in [0.05, 0.1) is 0 Å². The molecule has 2 aromatic carbocycles. The third-order valence-corrected chi connectivity index (χ3v) is 3.82. The second-order valence-corrected chi connectivity index (χ2v) is 5.92. The van der Waals surface area contributed by atoms with Gasteiger partial charge in [0.2, 0.25) is 5.91 Å². The van der Waals surface area contributed by atoms with Crippen molar-refractivity contribution < 1.29 is 18.4 Å². The molecule has 2 amide bonds. The molecule has 0 spiro atoms. The fraction of sp³-hybridized carbons (Fsp3) is 0.222. The van der Waals surface area contributed by atoms with Crippen LogP contribution in [0.15, 0.2) is 36.4 Å². The number of hydrogen-bond acceptors (Lipinski definition) is 2. The maximum absolute atomic E-state index is 13.3. The molecule has 0 fully saturated rings. The van der Waals surface area contributed by atoms with E-state index in [0.29, 0.717) is 16.8 Å². The van der Waals surface area contributed by atoms with Gasteiger partial charge in [-0.3, -0.25) is 9.59 Å². The molecule has 0 radical (unpaired) electrons. The number of anilines is 1. The maximum atomic E-state index is 13.3. The van der Waals surface area contributed by atoms with E-state index in [1.807, 2.05) is 6.92 Å². The molecule has 25 heavy (non-hydrogen) atoms. The molecule has 0 aromatic heterocycles. The van der Waals surface area contributed by atoms with Crippen molar-refractivity contribution in [1.82, 2.24) is 4.90 Å². The van der Waals surface area contributed by atoms with Gasteiger partial charge in [0.1, 0.15) is 18.2 Å².